The third-order valence-electron chi connectivity index (χ3n) is 3.51. The number of carbonyl (C=O) groups is 2. The Hall–Kier alpha value is -1.30. The second-order valence-electron chi connectivity index (χ2n) is 5.18. The highest BCUT2D eigenvalue weighted by Crippen LogP contribution is 2.18. The van der Waals surface area contributed by atoms with Gasteiger partial charge in [-0.2, -0.15) is 0 Å². The molecule has 3 amide bonds. The molecule has 6 heteroatoms. The van der Waals surface area contributed by atoms with Gasteiger partial charge in [0.1, 0.15) is 0 Å². The Morgan fingerprint density at radius 1 is 1.28 bits per heavy atom. The van der Waals surface area contributed by atoms with Gasteiger partial charge in [0.25, 0.3) is 0 Å². The molecule has 4 N–H and O–H groups in total. The highest BCUT2D eigenvalue weighted by atomic mass is 16.2. The molecule has 0 aromatic rings. The number of hydrogen-bond donors (Lipinski definition) is 3. The summed E-state index contributed by atoms with van der Waals surface area (Å²) in [6.45, 7) is 2.20. The van der Waals surface area contributed by atoms with E-state index in [9.17, 15) is 9.59 Å². The number of hydrogen-bond acceptors (Lipinski definition) is 3. The number of urea groups is 1. The first kappa shape index (κ1) is 13.1. The second kappa shape index (κ2) is 6.04. The molecule has 18 heavy (non-hydrogen) atoms. The van der Waals surface area contributed by atoms with Crippen LogP contribution in [0.25, 0.3) is 0 Å². The number of nitrogens with two attached hydrogens (primary N) is 1. The van der Waals surface area contributed by atoms with E-state index in [1.165, 1.54) is 0 Å². The molecule has 0 spiro atoms. The van der Waals surface area contributed by atoms with Crippen molar-refractivity contribution in [3.05, 3.63) is 0 Å². The lowest BCUT2D eigenvalue weighted by Gasteiger charge is -2.32. The van der Waals surface area contributed by atoms with Gasteiger partial charge < -0.3 is 21.3 Å². The molecular formula is C12H22N4O2. The van der Waals surface area contributed by atoms with Gasteiger partial charge in [0.2, 0.25) is 5.91 Å². The Morgan fingerprint density at radius 2 is 2.06 bits per heavy atom. The maximum absolute atomic E-state index is 11.5. The second-order valence-corrected chi connectivity index (χ2v) is 5.18. The van der Waals surface area contributed by atoms with Gasteiger partial charge in [0.15, 0.2) is 0 Å². The largest absolute Gasteiger partial charge is 0.341 e. The average Bonchev–Trinajstić information content (AvgIpc) is 3.19. The normalized spacial score (nSPS) is 23.6. The predicted octanol–water partition coefficient (Wildman–Crippen LogP) is -0.355. The topological polar surface area (TPSA) is 87.5 Å². The maximum Gasteiger partial charge on any atom is 0.315 e. The van der Waals surface area contributed by atoms with Crippen molar-refractivity contribution in [2.24, 2.45) is 11.7 Å². The summed E-state index contributed by atoms with van der Waals surface area (Å²) in [6.07, 6.45) is 4.23. The molecule has 0 aromatic carbocycles. The highest BCUT2D eigenvalue weighted by molar-refractivity contribution is 5.78. The molecule has 1 atom stereocenters. The van der Waals surface area contributed by atoms with Gasteiger partial charge in [-0.1, -0.05) is 0 Å². The summed E-state index contributed by atoms with van der Waals surface area (Å²) in [5.74, 6) is 0.348. The lowest BCUT2D eigenvalue weighted by Crippen LogP contribution is -2.47. The first-order chi connectivity index (χ1) is 8.69. The molecule has 1 saturated heterocycles. The molecule has 6 nitrogen and oxygen atoms in total. The predicted molar refractivity (Wildman–Crippen MR) is 67.9 cm³/mol. The molecule has 2 aliphatic rings. The van der Waals surface area contributed by atoms with Crippen LogP contribution in [0.1, 0.15) is 25.7 Å². The first-order valence-electron chi connectivity index (χ1n) is 6.71. The molecular weight excluding hydrogens is 232 g/mol. The van der Waals surface area contributed by atoms with Crippen molar-refractivity contribution in [3.8, 4) is 0 Å². The van der Waals surface area contributed by atoms with Crippen LogP contribution in [0.5, 0.6) is 0 Å². The summed E-state index contributed by atoms with van der Waals surface area (Å²) in [7, 11) is 0. The number of amides is 3. The van der Waals surface area contributed by atoms with Crippen LogP contribution in [0.15, 0.2) is 0 Å². The van der Waals surface area contributed by atoms with E-state index in [1.54, 1.807) is 4.90 Å². The van der Waals surface area contributed by atoms with Crippen molar-refractivity contribution < 1.29 is 9.59 Å². The maximum atomic E-state index is 11.5. The van der Waals surface area contributed by atoms with E-state index in [2.05, 4.69) is 10.6 Å². The highest BCUT2D eigenvalue weighted by Gasteiger charge is 2.25. The van der Waals surface area contributed by atoms with Crippen LogP contribution in [-0.4, -0.2) is 49.1 Å². The molecule has 1 aliphatic carbocycles. The van der Waals surface area contributed by atoms with Gasteiger partial charge in [0, 0.05) is 25.7 Å². The third kappa shape index (κ3) is 3.87. The number of carbonyl (C=O) groups excluding carboxylic acids is 2. The standard InChI is InChI=1S/C12H22N4O2/c13-6-11(17)16-5-1-2-9(8-16)7-14-12(18)15-10-3-4-10/h9-10H,1-8,13H2,(H2,14,15,18). The van der Waals surface area contributed by atoms with Crippen LogP contribution in [0.4, 0.5) is 4.79 Å². The minimum absolute atomic E-state index is 0.00197. The van der Waals surface area contributed by atoms with Crippen molar-refractivity contribution in [2.45, 2.75) is 31.7 Å². The summed E-state index contributed by atoms with van der Waals surface area (Å²) in [4.78, 5) is 24.8. The van der Waals surface area contributed by atoms with Gasteiger partial charge in [0.05, 0.1) is 6.54 Å². The van der Waals surface area contributed by atoms with Crippen molar-refractivity contribution in [1.29, 1.82) is 0 Å². The SMILES string of the molecule is NCC(=O)N1CCCC(CNC(=O)NC2CC2)C1. The molecule has 0 radical (unpaired) electrons. The lowest BCUT2D eigenvalue weighted by atomic mass is 9.98. The first-order valence-corrected chi connectivity index (χ1v) is 6.71. The Bertz CT molecular complexity index is 317. The molecule has 2 rings (SSSR count). The van der Waals surface area contributed by atoms with Gasteiger partial charge in [-0.15, -0.1) is 0 Å². The van der Waals surface area contributed by atoms with Gasteiger partial charge >= 0.3 is 6.03 Å². The summed E-state index contributed by atoms with van der Waals surface area (Å²) in [6, 6.07) is 0.298. The fourth-order valence-corrected chi connectivity index (χ4v) is 2.29. The number of likely N-dealkylation sites (tertiary alicyclic amines) is 1. The number of piperidine rings is 1. The summed E-state index contributed by atoms with van der Waals surface area (Å²) in [5, 5.41) is 5.77. The smallest absolute Gasteiger partial charge is 0.315 e. The Morgan fingerprint density at radius 3 is 2.72 bits per heavy atom. The Balaban J connectivity index is 1.68. The van der Waals surface area contributed by atoms with Crippen molar-refractivity contribution in [3.63, 3.8) is 0 Å². The summed E-state index contributed by atoms with van der Waals surface area (Å²) < 4.78 is 0. The fourth-order valence-electron chi connectivity index (χ4n) is 2.29. The molecule has 2 fully saturated rings. The zero-order valence-corrected chi connectivity index (χ0v) is 10.7. The molecule has 102 valence electrons. The van der Waals surface area contributed by atoms with Crippen LogP contribution in [-0.2, 0) is 4.79 Å². The zero-order chi connectivity index (χ0) is 13.0. The van der Waals surface area contributed by atoms with E-state index in [1.807, 2.05) is 0 Å². The Kier molecular flexibility index (Phi) is 4.41. The summed E-state index contributed by atoms with van der Waals surface area (Å²) >= 11 is 0. The molecule has 0 aromatic heterocycles. The van der Waals surface area contributed by atoms with Gasteiger partial charge in [-0.05, 0) is 31.6 Å². The third-order valence-corrected chi connectivity index (χ3v) is 3.51. The number of nitrogens with zero attached hydrogens (tertiary/aromatic N) is 1. The summed E-state index contributed by atoms with van der Waals surface area (Å²) in [5.41, 5.74) is 5.36. The Labute approximate surface area is 107 Å². The van der Waals surface area contributed by atoms with E-state index >= 15 is 0 Å². The average molecular weight is 254 g/mol. The molecule has 1 saturated carbocycles. The van der Waals surface area contributed by atoms with Gasteiger partial charge in [-0.25, -0.2) is 4.79 Å². The van der Waals surface area contributed by atoms with Crippen LogP contribution < -0.4 is 16.4 Å². The quantitative estimate of drug-likeness (QED) is 0.640. The van der Waals surface area contributed by atoms with Crippen molar-refractivity contribution in [2.75, 3.05) is 26.2 Å². The zero-order valence-electron chi connectivity index (χ0n) is 10.7. The lowest BCUT2D eigenvalue weighted by molar-refractivity contribution is -0.131. The molecule has 1 heterocycles. The van der Waals surface area contributed by atoms with Crippen molar-refractivity contribution >= 4 is 11.9 Å². The van der Waals surface area contributed by atoms with Crippen LogP contribution in [0.3, 0.4) is 0 Å². The minimum Gasteiger partial charge on any atom is -0.341 e. The molecule has 1 unspecified atom stereocenters. The van der Waals surface area contributed by atoms with Crippen LogP contribution >= 0.6 is 0 Å². The van der Waals surface area contributed by atoms with E-state index in [0.717, 1.165) is 32.2 Å². The van der Waals surface area contributed by atoms with Gasteiger partial charge in [-0.3, -0.25) is 4.79 Å². The van der Waals surface area contributed by atoms with Crippen LogP contribution in [0.2, 0.25) is 0 Å². The van der Waals surface area contributed by atoms with E-state index < -0.39 is 0 Å². The van der Waals surface area contributed by atoms with Crippen molar-refractivity contribution in [1.82, 2.24) is 15.5 Å². The molecule has 0 bridgehead atoms. The van der Waals surface area contributed by atoms with E-state index in [4.69, 9.17) is 5.73 Å². The number of rotatable bonds is 4. The van der Waals surface area contributed by atoms with E-state index in [0.29, 0.717) is 25.0 Å². The fraction of sp³-hybridized carbons (Fsp3) is 0.833. The monoisotopic (exact) mass is 254 g/mol. The van der Waals surface area contributed by atoms with Crippen LogP contribution in [0, 0.1) is 5.92 Å². The van der Waals surface area contributed by atoms with E-state index in [-0.39, 0.29) is 18.5 Å². The minimum atomic E-state index is -0.0835. The number of nitrogens with one attached hydrogen (secondary N) is 2. The molecule has 1 aliphatic heterocycles.